The van der Waals surface area contributed by atoms with Crippen LogP contribution in [0.1, 0.15) is 53.5 Å². The summed E-state index contributed by atoms with van der Waals surface area (Å²) in [6, 6.07) is 3.19. The third-order valence-electron chi connectivity index (χ3n) is 3.13. The van der Waals surface area contributed by atoms with Crippen molar-refractivity contribution in [2.75, 3.05) is 5.32 Å². The molecule has 0 aliphatic carbocycles. The van der Waals surface area contributed by atoms with Crippen molar-refractivity contribution in [3.63, 3.8) is 0 Å². The fraction of sp³-hybridized carbons (Fsp3) is 0.429. The molecule has 0 fully saturated rings. The second-order valence-electron chi connectivity index (χ2n) is 4.53. The number of carbonyl (C=O) groups is 2. The van der Waals surface area contributed by atoms with Gasteiger partial charge in [0, 0.05) is 11.7 Å². The van der Waals surface area contributed by atoms with Crippen LogP contribution in [-0.4, -0.2) is 23.0 Å². The van der Waals surface area contributed by atoms with Crippen LogP contribution in [-0.2, 0) is 6.42 Å². The average Bonchev–Trinajstić information content (AvgIpc) is 2.37. The number of primary amides is 1. The van der Waals surface area contributed by atoms with E-state index in [0.29, 0.717) is 23.2 Å². The highest BCUT2D eigenvalue weighted by atomic mass is 16.4. The smallest absolute Gasteiger partial charge is 0.336 e. The van der Waals surface area contributed by atoms with E-state index in [0.717, 1.165) is 6.42 Å². The summed E-state index contributed by atoms with van der Waals surface area (Å²) >= 11 is 0. The lowest BCUT2D eigenvalue weighted by atomic mass is 9.99. The van der Waals surface area contributed by atoms with Crippen molar-refractivity contribution in [2.45, 2.75) is 39.7 Å². The Balaban J connectivity index is 3.36. The standard InChI is InChI=1S/C14H20N2O3/c1-4-8(3)16-12-7-10(14(18)19)9(5-2)6-11(12)13(15)17/h6-8,16H,4-5H2,1-3H3,(H2,15,17)(H,18,19)/t8-/m1/s1. The first-order chi connectivity index (χ1) is 8.90. The number of hydrogen-bond donors (Lipinski definition) is 3. The molecule has 0 aromatic heterocycles. The molecule has 0 aliphatic rings. The van der Waals surface area contributed by atoms with Crippen LogP contribution < -0.4 is 11.1 Å². The summed E-state index contributed by atoms with van der Waals surface area (Å²) < 4.78 is 0. The molecule has 0 aliphatic heterocycles. The van der Waals surface area contributed by atoms with Crippen molar-refractivity contribution >= 4 is 17.6 Å². The number of hydrogen-bond acceptors (Lipinski definition) is 3. The van der Waals surface area contributed by atoms with Gasteiger partial charge in [-0.2, -0.15) is 0 Å². The van der Waals surface area contributed by atoms with Gasteiger partial charge in [-0.1, -0.05) is 13.8 Å². The Morgan fingerprint density at radius 1 is 1.32 bits per heavy atom. The van der Waals surface area contributed by atoms with E-state index >= 15 is 0 Å². The van der Waals surface area contributed by atoms with Gasteiger partial charge in [0.2, 0.25) is 0 Å². The Bertz CT molecular complexity index is 498. The lowest BCUT2D eigenvalue weighted by Crippen LogP contribution is -2.20. The molecule has 1 aromatic carbocycles. The monoisotopic (exact) mass is 264 g/mol. The van der Waals surface area contributed by atoms with E-state index in [1.54, 1.807) is 6.07 Å². The number of aromatic carboxylic acids is 1. The number of carboxylic acids is 1. The van der Waals surface area contributed by atoms with E-state index in [1.165, 1.54) is 6.07 Å². The predicted molar refractivity (Wildman–Crippen MR) is 74.7 cm³/mol. The molecule has 104 valence electrons. The summed E-state index contributed by atoms with van der Waals surface area (Å²) in [6.45, 7) is 5.80. The third-order valence-corrected chi connectivity index (χ3v) is 3.13. The SMILES string of the molecule is CCc1cc(C(N)=O)c(N[C@H](C)CC)cc1C(=O)O. The number of aryl methyl sites for hydroxylation is 1. The molecular formula is C14H20N2O3. The summed E-state index contributed by atoms with van der Waals surface area (Å²) in [5.74, 6) is -1.56. The van der Waals surface area contributed by atoms with Crippen molar-refractivity contribution < 1.29 is 14.7 Å². The zero-order valence-electron chi connectivity index (χ0n) is 11.5. The number of carboxylic acid groups (broad SMARTS) is 1. The maximum Gasteiger partial charge on any atom is 0.336 e. The molecule has 0 unspecified atom stereocenters. The van der Waals surface area contributed by atoms with Gasteiger partial charge in [-0.15, -0.1) is 0 Å². The van der Waals surface area contributed by atoms with Crippen LogP contribution in [0.2, 0.25) is 0 Å². The first kappa shape index (κ1) is 15.0. The zero-order chi connectivity index (χ0) is 14.6. The van der Waals surface area contributed by atoms with Gasteiger partial charge in [0.1, 0.15) is 0 Å². The number of carbonyl (C=O) groups excluding carboxylic acids is 1. The minimum Gasteiger partial charge on any atom is -0.478 e. The van der Waals surface area contributed by atoms with Crippen LogP contribution >= 0.6 is 0 Å². The Kier molecular flexibility index (Phi) is 4.92. The van der Waals surface area contributed by atoms with Gasteiger partial charge in [0.15, 0.2) is 0 Å². The molecule has 1 aromatic rings. The van der Waals surface area contributed by atoms with Crippen LogP contribution in [0.4, 0.5) is 5.69 Å². The molecule has 1 atom stereocenters. The Morgan fingerprint density at radius 3 is 2.37 bits per heavy atom. The van der Waals surface area contributed by atoms with Crippen LogP contribution in [0.25, 0.3) is 0 Å². The maximum absolute atomic E-state index is 11.5. The fourth-order valence-corrected chi connectivity index (χ4v) is 1.83. The first-order valence-electron chi connectivity index (χ1n) is 6.37. The molecule has 0 bridgehead atoms. The van der Waals surface area contributed by atoms with Crippen LogP contribution in [0, 0.1) is 0 Å². The molecular weight excluding hydrogens is 244 g/mol. The quantitative estimate of drug-likeness (QED) is 0.734. The highest BCUT2D eigenvalue weighted by Crippen LogP contribution is 2.23. The summed E-state index contributed by atoms with van der Waals surface area (Å²) in [6.07, 6.45) is 1.39. The van der Waals surface area contributed by atoms with Crippen molar-refractivity contribution in [1.29, 1.82) is 0 Å². The minimum atomic E-state index is -1.000. The Morgan fingerprint density at radius 2 is 1.95 bits per heavy atom. The minimum absolute atomic E-state index is 0.132. The molecule has 19 heavy (non-hydrogen) atoms. The molecule has 0 saturated carbocycles. The van der Waals surface area contributed by atoms with E-state index in [-0.39, 0.29) is 11.6 Å². The molecule has 1 amide bonds. The van der Waals surface area contributed by atoms with Crippen molar-refractivity contribution in [3.8, 4) is 0 Å². The molecule has 0 radical (unpaired) electrons. The topological polar surface area (TPSA) is 92.4 Å². The van der Waals surface area contributed by atoms with Gasteiger partial charge in [0.25, 0.3) is 5.91 Å². The number of rotatable bonds is 6. The van der Waals surface area contributed by atoms with Crippen molar-refractivity contribution in [1.82, 2.24) is 0 Å². The van der Waals surface area contributed by atoms with Crippen LogP contribution in [0.5, 0.6) is 0 Å². The number of benzene rings is 1. The van der Waals surface area contributed by atoms with Crippen molar-refractivity contribution in [3.05, 3.63) is 28.8 Å². The van der Waals surface area contributed by atoms with E-state index < -0.39 is 11.9 Å². The van der Waals surface area contributed by atoms with E-state index in [1.807, 2.05) is 20.8 Å². The highest BCUT2D eigenvalue weighted by Gasteiger charge is 2.17. The maximum atomic E-state index is 11.5. The van der Waals surface area contributed by atoms with Crippen LogP contribution in [0.15, 0.2) is 12.1 Å². The van der Waals surface area contributed by atoms with Gasteiger partial charge in [0.05, 0.1) is 11.1 Å². The number of anilines is 1. The molecule has 0 spiro atoms. The van der Waals surface area contributed by atoms with Gasteiger partial charge in [-0.25, -0.2) is 4.79 Å². The van der Waals surface area contributed by atoms with Gasteiger partial charge in [-0.3, -0.25) is 4.79 Å². The number of amides is 1. The summed E-state index contributed by atoms with van der Waals surface area (Å²) in [4.78, 5) is 22.7. The molecule has 1 rings (SSSR count). The summed E-state index contributed by atoms with van der Waals surface area (Å²) in [5.41, 5.74) is 6.99. The lowest BCUT2D eigenvalue weighted by Gasteiger charge is -2.17. The van der Waals surface area contributed by atoms with Gasteiger partial charge in [-0.05, 0) is 37.5 Å². The number of nitrogens with one attached hydrogen (secondary N) is 1. The predicted octanol–water partition coefficient (Wildman–Crippen LogP) is 2.26. The summed E-state index contributed by atoms with van der Waals surface area (Å²) in [7, 11) is 0. The normalized spacial score (nSPS) is 11.9. The fourth-order valence-electron chi connectivity index (χ4n) is 1.83. The first-order valence-corrected chi connectivity index (χ1v) is 6.37. The average molecular weight is 264 g/mol. The zero-order valence-corrected chi connectivity index (χ0v) is 11.5. The second-order valence-corrected chi connectivity index (χ2v) is 4.53. The lowest BCUT2D eigenvalue weighted by molar-refractivity contribution is 0.0695. The van der Waals surface area contributed by atoms with Crippen molar-refractivity contribution in [2.24, 2.45) is 5.73 Å². The molecule has 5 nitrogen and oxygen atoms in total. The van der Waals surface area contributed by atoms with Gasteiger partial charge >= 0.3 is 5.97 Å². The van der Waals surface area contributed by atoms with E-state index in [2.05, 4.69) is 5.32 Å². The Labute approximate surface area is 112 Å². The van der Waals surface area contributed by atoms with E-state index in [9.17, 15) is 14.7 Å². The van der Waals surface area contributed by atoms with Gasteiger partial charge < -0.3 is 16.2 Å². The molecule has 0 saturated heterocycles. The van der Waals surface area contributed by atoms with E-state index in [4.69, 9.17) is 5.73 Å². The largest absolute Gasteiger partial charge is 0.478 e. The number of nitrogens with two attached hydrogens (primary N) is 1. The second kappa shape index (κ2) is 6.22. The highest BCUT2D eigenvalue weighted by molar-refractivity contribution is 6.01. The molecule has 4 N–H and O–H groups in total. The van der Waals surface area contributed by atoms with Crippen LogP contribution in [0.3, 0.4) is 0 Å². The Hall–Kier alpha value is -2.04. The molecule has 5 heteroatoms. The molecule has 0 heterocycles. The summed E-state index contributed by atoms with van der Waals surface area (Å²) in [5, 5.41) is 12.3. The third kappa shape index (κ3) is 3.47.